The van der Waals surface area contributed by atoms with E-state index in [-0.39, 0.29) is 5.91 Å². The van der Waals surface area contributed by atoms with E-state index in [2.05, 4.69) is 39.3 Å². The first-order chi connectivity index (χ1) is 13.1. The molecule has 0 aromatic carbocycles. The average molecular weight is 399 g/mol. The molecule has 0 saturated carbocycles. The number of carbonyl (C=O) groups excluding carboxylic acids is 1. The summed E-state index contributed by atoms with van der Waals surface area (Å²) < 4.78 is 0. The monoisotopic (exact) mass is 398 g/mol. The third kappa shape index (κ3) is 3.89. The minimum absolute atomic E-state index is 0.145. The molecule has 0 radical (unpaired) electrons. The SMILES string of the molecule is CCc1csc(-c2ccc(N3CCN(C(=O)c4ccc(C)s4)CC3)nc2)n1. The van der Waals surface area contributed by atoms with Crippen molar-refractivity contribution in [2.24, 2.45) is 0 Å². The smallest absolute Gasteiger partial charge is 0.264 e. The summed E-state index contributed by atoms with van der Waals surface area (Å²) in [4.78, 5) is 28.0. The van der Waals surface area contributed by atoms with Crippen LogP contribution in [0.1, 0.15) is 27.2 Å². The molecule has 0 bridgehead atoms. The van der Waals surface area contributed by atoms with Crippen molar-refractivity contribution in [2.75, 3.05) is 31.1 Å². The number of hydrogen-bond acceptors (Lipinski definition) is 6. The number of nitrogens with zero attached hydrogens (tertiary/aromatic N) is 4. The Labute approximate surface area is 167 Å². The first kappa shape index (κ1) is 18.1. The summed E-state index contributed by atoms with van der Waals surface area (Å²) in [5.74, 6) is 1.11. The Kier molecular flexibility index (Phi) is 5.22. The van der Waals surface area contributed by atoms with Gasteiger partial charge < -0.3 is 9.80 Å². The molecule has 140 valence electrons. The van der Waals surface area contributed by atoms with Crippen LogP contribution in [0, 0.1) is 6.92 Å². The average Bonchev–Trinajstić information content (AvgIpc) is 3.37. The number of rotatable bonds is 4. The van der Waals surface area contributed by atoms with Crippen molar-refractivity contribution in [3.63, 3.8) is 0 Å². The molecule has 1 saturated heterocycles. The van der Waals surface area contributed by atoms with Gasteiger partial charge in [-0.3, -0.25) is 4.79 Å². The molecule has 1 aliphatic rings. The van der Waals surface area contributed by atoms with Gasteiger partial charge in [0.15, 0.2) is 0 Å². The fraction of sp³-hybridized carbons (Fsp3) is 0.350. The zero-order chi connectivity index (χ0) is 18.8. The van der Waals surface area contributed by atoms with Gasteiger partial charge in [-0.15, -0.1) is 22.7 Å². The number of carbonyl (C=O) groups is 1. The molecule has 0 unspecified atom stereocenters. The van der Waals surface area contributed by atoms with Gasteiger partial charge in [-0.25, -0.2) is 9.97 Å². The number of thiophene rings is 1. The molecule has 5 nitrogen and oxygen atoms in total. The van der Waals surface area contributed by atoms with E-state index in [0.717, 1.165) is 59.6 Å². The van der Waals surface area contributed by atoms with Crippen LogP contribution in [0.25, 0.3) is 10.6 Å². The summed E-state index contributed by atoms with van der Waals surface area (Å²) in [5.41, 5.74) is 2.19. The first-order valence-corrected chi connectivity index (χ1v) is 10.8. The van der Waals surface area contributed by atoms with E-state index in [0.29, 0.717) is 0 Å². The van der Waals surface area contributed by atoms with Crippen molar-refractivity contribution >= 4 is 34.4 Å². The molecule has 0 aliphatic carbocycles. The normalized spacial score (nSPS) is 14.6. The summed E-state index contributed by atoms with van der Waals surface area (Å²) in [6.45, 7) is 7.21. The molecular formula is C20H22N4OS2. The van der Waals surface area contributed by atoms with Crippen LogP contribution in [0.15, 0.2) is 35.8 Å². The summed E-state index contributed by atoms with van der Waals surface area (Å²) in [5, 5.41) is 3.13. The molecule has 7 heteroatoms. The molecule has 0 atom stereocenters. The van der Waals surface area contributed by atoms with E-state index in [1.807, 2.05) is 30.2 Å². The highest BCUT2D eigenvalue weighted by atomic mass is 32.1. The van der Waals surface area contributed by atoms with E-state index in [1.165, 1.54) is 4.88 Å². The van der Waals surface area contributed by atoms with Gasteiger partial charge in [0.1, 0.15) is 10.8 Å². The molecule has 1 aliphatic heterocycles. The minimum atomic E-state index is 0.145. The van der Waals surface area contributed by atoms with E-state index in [1.54, 1.807) is 22.7 Å². The Morgan fingerprint density at radius 3 is 2.56 bits per heavy atom. The number of aromatic nitrogens is 2. The lowest BCUT2D eigenvalue weighted by Gasteiger charge is -2.35. The van der Waals surface area contributed by atoms with Gasteiger partial charge in [-0.05, 0) is 37.6 Å². The first-order valence-electron chi connectivity index (χ1n) is 9.15. The highest BCUT2D eigenvalue weighted by Gasteiger charge is 2.23. The zero-order valence-electron chi connectivity index (χ0n) is 15.5. The molecule has 0 spiro atoms. The molecular weight excluding hydrogens is 376 g/mol. The second kappa shape index (κ2) is 7.78. The van der Waals surface area contributed by atoms with Gasteiger partial charge in [0.25, 0.3) is 5.91 Å². The van der Waals surface area contributed by atoms with Crippen LogP contribution in [0.2, 0.25) is 0 Å². The summed E-state index contributed by atoms with van der Waals surface area (Å²) in [6, 6.07) is 8.08. The third-order valence-electron chi connectivity index (χ3n) is 4.75. The molecule has 1 fully saturated rings. The Morgan fingerprint density at radius 1 is 1.15 bits per heavy atom. The van der Waals surface area contributed by atoms with Crippen molar-refractivity contribution < 1.29 is 4.79 Å². The lowest BCUT2D eigenvalue weighted by Crippen LogP contribution is -2.48. The van der Waals surface area contributed by atoms with Crippen molar-refractivity contribution in [1.29, 1.82) is 0 Å². The standard InChI is InChI=1S/C20H22N4OS2/c1-3-16-13-26-19(22-16)15-5-7-18(21-12-15)23-8-10-24(11-9-23)20(25)17-6-4-14(2)27-17/h4-7,12-13H,3,8-11H2,1-2H3. The Hall–Kier alpha value is -2.25. The van der Waals surface area contributed by atoms with Crippen LogP contribution in [0.3, 0.4) is 0 Å². The Morgan fingerprint density at radius 2 is 1.96 bits per heavy atom. The van der Waals surface area contributed by atoms with E-state index < -0.39 is 0 Å². The maximum Gasteiger partial charge on any atom is 0.264 e. The number of pyridine rings is 1. The maximum absolute atomic E-state index is 12.6. The van der Waals surface area contributed by atoms with E-state index in [9.17, 15) is 4.79 Å². The summed E-state index contributed by atoms with van der Waals surface area (Å²) >= 11 is 3.23. The van der Waals surface area contributed by atoms with Crippen LogP contribution in [0.4, 0.5) is 5.82 Å². The highest BCUT2D eigenvalue weighted by Crippen LogP contribution is 2.25. The van der Waals surface area contributed by atoms with Crippen LogP contribution in [0.5, 0.6) is 0 Å². The fourth-order valence-electron chi connectivity index (χ4n) is 3.15. The summed E-state index contributed by atoms with van der Waals surface area (Å²) in [7, 11) is 0. The third-order valence-corrected chi connectivity index (χ3v) is 6.68. The predicted molar refractivity (Wildman–Crippen MR) is 112 cm³/mol. The van der Waals surface area contributed by atoms with Crippen LogP contribution >= 0.6 is 22.7 Å². The van der Waals surface area contributed by atoms with E-state index >= 15 is 0 Å². The van der Waals surface area contributed by atoms with Crippen molar-refractivity contribution in [2.45, 2.75) is 20.3 Å². The zero-order valence-corrected chi connectivity index (χ0v) is 17.1. The van der Waals surface area contributed by atoms with Gasteiger partial charge in [0, 0.05) is 48.2 Å². The minimum Gasteiger partial charge on any atom is -0.353 e. The highest BCUT2D eigenvalue weighted by molar-refractivity contribution is 7.14. The second-order valence-corrected chi connectivity index (χ2v) is 8.74. The van der Waals surface area contributed by atoms with Gasteiger partial charge in [-0.1, -0.05) is 6.92 Å². The van der Waals surface area contributed by atoms with Crippen LogP contribution in [-0.4, -0.2) is 47.0 Å². The Bertz CT molecular complexity index is 924. The lowest BCUT2D eigenvalue weighted by molar-refractivity contribution is 0.0751. The number of piperazine rings is 1. The molecule has 27 heavy (non-hydrogen) atoms. The number of amides is 1. The van der Waals surface area contributed by atoms with E-state index in [4.69, 9.17) is 0 Å². The van der Waals surface area contributed by atoms with Gasteiger partial charge in [0.2, 0.25) is 0 Å². The fourth-order valence-corrected chi connectivity index (χ4v) is 4.87. The Balaban J connectivity index is 1.38. The topological polar surface area (TPSA) is 49.3 Å². The number of thiazole rings is 1. The van der Waals surface area contributed by atoms with Crippen molar-refractivity contribution in [3.8, 4) is 10.6 Å². The van der Waals surface area contributed by atoms with Gasteiger partial charge >= 0.3 is 0 Å². The molecule has 1 amide bonds. The molecule has 3 aromatic heterocycles. The quantitative estimate of drug-likeness (QED) is 0.664. The number of hydrogen-bond donors (Lipinski definition) is 0. The molecule has 0 N–H and O–H groups in total. The predicted octanol–water partition coefficient (Wildman–Crippen LogP) is 4.10. The maximum atomic E-state index is 12.6. The van der Waals surface area contributed by atoms with Crippen LogP contribution in [-0.2, 0) is 6.42 Å². The van der Waals surface area contributed by atoms with Gasteiger partial charge in [-0.2, -0.15) is 0 Å². The van der Waals surface area contributed by atoms with Gasteiger partial charge in [0.05, 0.1) is 10.6 Å². The van der Waals surface area contributed by atoms with Crippen molar-refractivity contribution in [3.05, 3.63) is 51.3 Å². The largest absolute Gasteiger partial charge is 0.353 e. The second-order valence-electron chi connectivity index (χ2n) is 6.59. The lowest BCUT2D eigenvalue weighted by atomic mass is 10.2. The summed E-state index contributed by atoms with van der Waals surface area (Å²) in [6.07, 6.45) is 2.86. The molecule has 4 rings (SSSR count). The molecule has 3 aromatic rings. The van der Waals surface area contributed by atoms with Crippen LogP contribution < -0.4 is 4.90 Å². The van der Waals surface area contributed by atoms with Crippen molar-refractivity contribution in [1.82, 2.24) is 14.9 Å². The number of aryl methyl sites for hydroxylation is 2. The number of anilines is 1. The molecule has 4 heterocycles.